The van der Waals surface area contributed by atoms with Crippen LogP contribution in [0, 0.1) is 6.92 Å². The lowest BCUT2D eigenvalue weighted by Gasteiger charge is -2.36. The molecule has 0 saturated carbocycles. The minimum absolute atomic E-state index is 0.0201. The highest BCUT2D eigenvalue weighted by atomic mass is 32.2. The molecule has 0 aliphatic carbocycles. The monoisotopic (exact) mass is 545 g/mol. The van der Waals surface area contributed by atoms with E-state index in [-0.39, 0.29) is 29.0 Å². The van der Waals surface area contributed by atoms with Crippen molar-refractivity contribution in [3.05, 3.63) is 88.1 Å². The summed E-state index contributed by atoms with van der Waals surface area (Å²) in [6, 6.07) is 13.1. The zero-order valence-corrected chi connectivity index (χ0v) is 22.3. The van der Waals surface area contributed by atoms with E-state index in [4.69, 9.17) is 0 Å². The Morgan fingerprint density at radius 2 is 1.82 bits per heavy atom. The molecule has 1 atom stereocenters. The van der Waals surface area contributed by atoms with Gasteiger partial charge in [0, 0.05) is 37.3 Å². The topological polar surface area (TPSA) is 79.4 Å². The summed E-state index contributed by atoms with van der Waals surface area (Å²) in [7, 11) is -3.29. The second kappa shape index (κ2) is 10.8. The molecule has 2 aromatic carbocycles. The van der Waals surface area contributed by atoms with Gasteiger partial charge in [0.15, 0.2) is 9.84 Å². The van der Waals surface area contributed by atoms with Crippen LogP contribution in [0.15, 0.2) is 59.6 Å². The van der Waals surface area contributed by atoms with Crippen LogP contribution in [-0.4, -0.2) is 31.6 Å². The van der Waals surface area contributed by atoms with Crippen molar-refractivity contribution in [1.82, 2.24) is 10.3 Å². The number of nitrogens with zero attached hydrogens (tertiary/aromatic N) is 2. The van der Waals surface area contributed by atoms with E-state index in [9.17, 15) is 26.4 Å². The van der Waals surface area contributed by atoms with E-state index in [0.717, 1.165) is 35.4 Å². The largest absolute Gasteiger partial charge is 0.417 e. The Morgan fingerprint density at radius 3 is 2.42 bits per heavy atom. The molecule has 0 unspecified atom stereocenters. The Morgan fingerprint density at radius 1 is 1.11 bits per heavy atom. The highest BCUT2D eigenvalue weighted by Gasteiger charge is 2.33. The summed E-state index contributed by atoms with van der Waals surface area (Å²) >= 11 is 0. The smallest absolute Gasteiger partial charge is 0.351 e. The number of carbonyl (C=O) groups is 1. The summed E-state index contributed by atoms with van der Waals surface area (Å²) in [5.41, 5.74) is 2.98. The summed E-state index contributed by atoms with van der Waals surface area (Å²) in [5.74, 6) is 0.404. The van der Waals surface area contributed by atoms with Gasteiger partial charge in [0.25, 0.3) is 5.91 Å². The number of amides is 1. The number of carbonyl (C=O) groups excluding carboxylic acids is 1. The minimum atomic E-state index is -4.45. The van der Waals surface area contributed by atoms with Crippen molar-refractivity contribution in [2.75, 3.05) is 17.2 Å². The SMILES string of the molecule is CC[C@H]1CN(c2ncc(C(F)(F)F)cc2C)Cc2cc(C(=O)NCc3ccc(S(=O)(=O)CC)cc3)ccc21. The van der Waals surface area contributed by atoms with Gasteiger partial charge >= 0.3 is 6.18 Å². The van der Waals surface area contributed by atoms with E-state index in [1.165, 1.54) is 12.1 Å². The number of benzene rings is 2. The van der Waals surface area contributed by atoms with Crippen LogP contribution in [0.4, 0.5) is 19.0 Å². The Kier molecular flexibility index (Phi) is 7.83. The number of pyridine rings is 1. The Bertz CT molecular complexity index is 1440. The fourth-order valence-electron chi connectivity index (χ4n) is 4.75. The van der Waals surface area contributed by atoms with Crippen molar-refractivity contribution in [3.8, 4) is 0 Å². The first kappa shape index (κ1) is 27.6. The maximum Gasteiger partial charge on any atom is 0.417 e. The Labute approximate surface area is 220 Å². The van der Waals surface area contributed by atoms with Gasteiger partial charge in [-0.25, -0.2) is 13.4 Å². The van der Waals surface area contributed by atoms with Crippen molar-refractivity contribution in [2.45, 2.75) is 57.3 Å². The highest BCUT2D eigenvalue weighted by molar-refractivity contribution is 7.91. The summed E-state index contributed by atoms with van der Waals surface area (Å²) in [6.45, 7) is 6.56. The van der Waals surface area contributed by atoms with Crippen molar-refractivity contribution in [2.24, 2.45) is 0 Å². The first-order valence-electron chi connectivity index (χ1n) is 12.4. The average molecular weight is 546 g/mol. The number of nitrogens with one attached hydrogen (secondary N) is 1. The van der Waals surface area contributed by atoms with Gasteiger partial charge in [-0.05, 0) is 65.9 Å². The number of rotatable bonds is 7. The molecular formula is C28H30F3N3O3S. The van der Waals surface area contributed by atoms with Crippen LogP contribution in [0.25, 0.3) is 0 Å². The van der Waals surface area contributed by atoms with Gasteiger partial charge in [0.1, 0.15) is 5.82 Å². The van der Waals surface area contributed by atoms with Crippen molar-refractivity contribution >= 4 is 21.6 Å². The van der Waals surface area contributed by atoms with E-state index in [0.29, 0.717) is 30.0 Å². The number of alkyl halides is 3. The highest BCUT2D eigenvalue weighted by Crippen LogP contribution is 2.36. The quantitative estimate of drug-likeness (QED) is 0.415. The fourth-order valence-corrected chi connectivity index (χ4v) is 5.63. The normalized spacial score (nSPS) is 15.7. The lowest BCUT2D eigenvalue weighted by atomic mass is 9.86. The molecular weight excluding hydrogens is 515 g/mol. The Balaban J connectivity index is 1.51. The minimum Gasteiger partial charge on any atom is -0.351 e. The zero-order chi connectivity index (χ0) is 27.7. The summed E-state index contributed by atoms with van der Waals surface area (Å²) in [6.07, 6.45) is -2.75. The third kappa shape index (κ3) is 5.85. The predicted octanol–water partition coefficient (Wildman–Crippen LogP) is 5.65. The molecule has 6 nitrogen and oxygen atoms in total. The standard InChI is InChI=1S/C28H30F3N3O3S/c1-4-20-16-34(26-18(3)12-23(15-32-26)28(29,30)31)17-22-13-21(8-11-25(20)22)27(35)33-14-19-6-9-24(10-7-19)38(36,37)5-2/h6-13,15,20H,4-5,14,16-17H2,1-3H3,(H,33,35)/t20-/m0/s1. The van der Waals surface area contributed by atoms with Gasteiger partial charge in [0.05, 0.1) is 16.2 Å². The van der Waals surface area contributed by atoms with E-state index < -0.39 is 21.6 Å². The fraction of sp³-hybridized carbons (Fsp3) is 0.357. The maximum atomic E-state index is 13.1. The number of sulfone groups is 1. The van der Waals surface area contributed by atoms with Crippen LogP contribution < -0.4 is 10.2 Å². The molecule has 1 N–H and O–H groups in total. The molecule has 1 aliphatic rings. The van der Waals surface area contributed by atoms with Crippen molar-refractivity contribution in [1.29, 1.82) is 0 Å². The predicted molar refractivity (Wildman–Crippen MR) is 140 cm³/mol. The third-order valence-corrected chi connectivity index (χ3v) is 8.68. The molecule has 3 aromatic rings. The van der Waals surface area contributed by atoms with Gasteiger partial charge < -0.3 is 10.2 Å². The second-order valence-corrected chi connectivity index (χ2v) is 11.8. The molecule has 0 saturated heterocycles. The van der Waals surface area contributed by atoms with E-state index in [2.05, 4.69) is 17.2 Å². The van der Waals surface area contributed by atoms with Crippen LogP contribution in [0.2, 0.25) is 0 Å². The van der Waals surface area contributed by atoms with Crippen molar-refractivity contribution in [3.63, 3.8) is 0 Å². The molecule has 1 aromatic heterocycles. The van der Waals surface area contributed by atoms with E-state index in [1.54, 1.807) is 32.0 Å². The maximum absolute atomic E-state index is 13.1. The number of aromatic nitrogens is 1. The molecule has 0 radical (unpaired) electrons. The van der Waals surface area contributed by atoms with E-state index >= 15 is 0 Å². The van der Waals surface area contributed by atoms with Gasteiger partial charge in [-0.2, -0.15) is 13.2 Å². The summed E-state index contributed by atoms with van der Waals surface area (Å²) in [4.78, 5) is 19.3. The van der Waals surface area contributed by atoms with Gasteiger partial charge in [-0.1, -0.05) is 32.0 Å². The molecule has 10 heteroatoms. The molecule has 0 spiro atoms. The zero-order valence-electron chi connectivity index (χ0n) is 21.5. The number of hydrogen-bond acceptors (Lipinski definition) is 5. The van der Waals surface area contributed by atoms with Crippen LogP contribution in [0.5, 0.6) is 0 Å². The molecule has 0 bridgehead atoms. The second-order valence-electron chi connectivity index (χ2n) is 9.49. The summed E-state index contributed by atoms with van der Waals surface area (Å²) < 4.78 is 63.3. The van der Waals surface area contributed by atoms with Crippen LogP contribution in [0.3, 0.4) is 0 Å². The number of halogens is 3. The molecule has 1 amide bonds. The molecule has 2 heterocycles. The number of hydrogen-bond donors (Lipinski definition) is 1. The number of anilines is 1. The molecule has 202 valence electrons. The first-order chi connectivity index (χ1) is 17.9. The molecule has 0 fully saturated rings. The van der Waals surface area contributed by atoms with Crippen LogP contribution in [-0.2, 0) is 29.1 Å². The van der Waals surface area contributed by atoms with Crippen LogP contribution >= 0.6 is 0 Å². The van der Waals surface area contributed by atoms with Crippen LogP contribution in [0.1, 0.15) is 64.4 Å². The van der Waals surface area contributed by atoms with E-state index in [1.807, 2.05) is 17.0 Å². The lowest BCUT2D eigenvalue weighted by Crippen LogP contribution is -2.35. The van der Waals surface area contributed by atoms with Crippen molar-refractivity contribution < 1.29 is 26.4 Å². The summed E-state index contributed by atoms with van der Waals surface area (Å²) in [5, 5.41) is 2.87. The number of aryl methyl sites for hydroxylation is 1. The van der Waals surface area contributed by atoms with Gasteiger partial charge in [-0.15, -0.1) is 0 Å². The Hall–Kier alpha value is -3.40. The molecule has 1 aliphatic heterocycles. The molecule has 38 heavy (non-hydrogen) atoms. The first-order valence-corrected chi connectivity index (χ1v) is 14.1. The third-order valence-electron chi connectivity index (χ3n) is 6.93. The van der Waals surface area contributed by atoms with Gasteiger partial charge in [0.2, 0.25) is 0 Å². The van der Waals surface area contributed by atoms with Gasteiger partial charge in [-0.3, -0.25) is 4.79 Å². The molecule has 4 rings (SSSR count). The lowest BCUT2D eigenvalue weighted by molar-refractivity contribution is -0.137. The number of fused-ring (bicyclic) bond motifs is 1. The average Bonchev–Trinajstić information content (AvgIpc) is 2.90.